The lowest BCUT2D eigenvalue weighted by Crippen LogP contribution is -2.38. The van der Waals surface area contributed by atoms with Crippen LogP contribution in [0.1, 0.15) is 24.2 Å². The van der Waals surface area contributed by atoms with Gasteiger partial charge in [-0.1, -0.05) is 29.8 Å². The van der Waals surface area contributed by atoms with Crippen LogP contribution < -0.4 is 5.32 Å². The summed E-state index contributed by atoms with van der Waals surface area (Å²) in [5, 5.41) is 3.38. The molecule has 1 fully saturated rings. The van der Waals surface area contributed by atoms with Crippen LogP contribution in [0.4, 0.5) is 0 Å². The number of aryl methyl sites for hydroxylation is 1. The van der Waals surface area contributed by atoms with Crippen LogP contribution in [0, 0.1) is 6.92 Å². The fourth-order valence-electron chi connectivity index (χ4n) is 1.86. The zero-order valence-electron chi connectivity index (χ0n) is 8.79. The Kier molecular flexibility index (Phi) is 2.85. The highest BCUT2D eigenvalue weighted by molar-refractivity contribution is 5.24. The summed E-state index contributed by atoms with van der Waals surface area (Å²) in [5.41, 5.74) is 2.58. The van der Waals surface area contributed by atoms with E-state index in [1.165, 1.54) is 11.1 Å². The summed E-state index contributed by atoms with van der Waals surface area (Å²) in [5.74, 6) is 0. The number of rotatable bonds is 1. The largest absolute Gasteiger partial charge is 0.368 e. The summed E-state index contributed by atoms with van der Waals surface area (Å²) in [7, 11) is 0. The third-order valence-electron chi connectivity index (χ3n) is 2.57. The fourth-order valence-corrected chi connectivity index (χ4v) is 1.86. The molecule has 1 aromatic carbocycles. The van der Waals surface area contributed by atoms with Gasteiger partial charge in [0.25, 0.3) is 0 Å². The molecule has 2 nitrogen and oxygen atoms in total. The van der Waals surface area contributed by atoms with Gasteiger partial charge < -0.3 is 10.1 Å². The first kappa shape index (κ1) is 9.69. The van der Waals surface area contributed by atoms with Gasteiger partial charge in [0, 0.05) is 13.1 Å². The fraction of sp³-hybridized carbons (Fsp3) is 0.500. The van der Waals surface area contributed by atoms with Gasteiger partial charge in [-0.15, -0.1) is 0 Å². The third kappa shape index (κ3) is 2.14. The van der Waals surface area contributed by atoms with Gasteiger partial charge in [0.1, 0.15) is 0 Å². The van der Waals surface area contributed by atoms with Gasteiger partial charge in [0.05, 0.1) is 12.2 Å². The second-order valence-corrected chi connectivity index (χ2v) is 4.01. The summed E-state index contributed by atoms with van der Waals surface area (Å²) in [4.78, 5) is 0. The van der Waals surface area contributed by atoms with Crippen molar-refractivity contribution in [3.8, 4) is 0 Å². The lowest BCUT2D eigenvalue weighted by molar-refractivity contribution is -0.0287. The van der Waals surface area contributed by atoms with Gasteiger partial charge in [0.2, 0.25) is 0 Å². The van der Waals surface area contributed by atoms with Gasteiger partial charge in [-0.3, -0.25) is 0 Å². The van der Waals surface area contributed by atoms with Crippen molar-refractivity contribution < 1.29 is 4.74 Å². The Bertz CT molecular complexity index is 311. The van der Waals surface area contributed by atoms with E-state index in [9.17, 15) is 0 Å². The molecule has 1 saturated heterocycles. The van der Waals surface area contributed by atoms with E-state index >= 15 is 0 Å². The van der Waals surface area contributed by atoms with Crippen LogP contribution >= 0.6 is 0 Å². The van der Waals surface area contributed by atoms with Crippen LogP contribution in [0.5, 0.6) is 0 Å². The molecule has 0 radical (unpaired) electrons. The van der Waals surface area contributed by atoms with E-state index in [4.69, 9.17) is 4.74 Å². The molecule has 14 heavy (non-hydrogen) atoms. The summed E-state index contributed by atoms with van der Waals surface area (Å²) >= 11 is 0. The third-order valence-corrected chi connectivity index (χ3v) is 2.57. The van der Waals surface area contributed by atoms with Crippen LogP contribution in [-0.4, -0.2) is 19.2 Å². The quantitative estimate of drug-likeness (QED) is 0.733. The lowest BCUT2D eigenvalue weighted by Gasteiger charge is -2.29. The molecule has 1 aliphatic heterocycles. The average molecular weight is 191 g/mol. The molecule has 0 bridgehead atoms. The highest BCUT2D eigenvalue weighted by Gasteiger charge is 2.19. The first-order valence-electron chi connectivity index (χ1n) is 5.18. The molecular weight excluding hydrogens is 174 g/mol. The smallest absolute Gasteiger partial charge is 0.0953 e. The second kappa shape index (κ2) is 4.11. The van der Waals surface area contributed by atoms with Crippen molar-refractivity contribution in [2.45, 2.75) is 26.1 Å². The summed E-state index contributed by atoms with van der Waals surface area (Å²) < 4.78 is 5.86. The topological polar surface area (TPSA) is 21.3 Å². The standard InChI is InChI=1S/C12H17NO/c1-9-4-3-5-11(6-9)12-8-13-7-10(2)14-12/h3-6,10,12-13H,7-8H2,1-2H3/t10-,12-/m1/s1. The first-order valence-corrected chi connectivity index (χ1v) is 5.18. The number of hydrogen-bond acceptors (Lipinski definition) is 2. The minimum atomic E-state index is 0.221. The minimum absolute atomic E-state index is 0.221. The first-order chi connectivity index (χ1) is 6.75. The molecule has 0 unspecified atom stereocenters. The van der Waals surface area contributed by atoms with Gasteiger partial charge in [0.15, 0.2) is 0 Å². The van der Waals surface area contributed by atoms with Crippen molar-refractivity contribution in [3.05, 3.63) is 35.4 Å². The average Bonchev–Trinajstić information content (AvgIpc) is 2.18. The van der Waals surface area contributed by atoms with Crippen LogP contribution in [0.15, 0.2) is 24.3 Å². The molecule has 0 aliphatic carbocycles. The number of hydrogen-bond donors (Lipinski definition) is 1. The summed E-state index contributed by atoms with van der Waals surface area (Å²) in [6, 6.07) is 8.54. The van der Waals surface area contributed by atoms with Crippen LogP contribution in [0.25, 0.3) is 0 Å². The minimum Gasteiger partial charge on any atom is -0.368 e. The highest BCUT2D eigenvalue weighted by atomic mass is 16.5. The van der Waals surface area contributed by atoms with Crippen molar-refractivity contribution in [3.63, 3.8) is 0 Å². The SMILES string of the molecule is Cc1cccc([C@H]2CNC[C@@H](C)O2)c1. The zero-order valence-corrected chi connectivity index (χ0v) is 8.79. The van der Waals surface area contributed by atoms with Crippen molar-refractivity contribution in [2.24, 2.45) is 0 Å². The molecule has 1 aliphatic rings. The lowest BCUT2D eigenvalue weighted by atomic mass is 10.1. The number of benzene rings is 1. The Hall–Kier alpha value is -0.860. The molecule has 0 spiro atoms. The van der Waals surface area contributed by atoms with Crippen LogP contribution in [0.2, 0.25) is 0 Å². The molecule has 1 aromatic rings. The molecule has 1 heterocycles. The van der Waals surface area contributed by atoms with Gasteiger partial charge in [-0.05, 0) is 19.4 Å². The van der Waals surface area contributed by atoms with E-state index < -0.39 is 0 Å². The molecule has 76 valence electrons. The molecule has 1 N–H and O–H groups in total. The number of nitrogens with one attached hydrogen (secondary N) is 1. The van der Waals surface area contributed by atoms with Crippen LogP contribution in [-0.2, 0) is 4.74 Å². The molecule has 2 rings (SSSR count). The van der Waals surface area contributed by atoms with Gasteiger partial charge in [-0.2, -0.15) is 0 Å². The van der Waals surface area contributed by atoms with E-state index in [0.717, 1.165) is 13.1 Å². The van der Waals surface area contributed by atoms with Crippen LogP contribution in [0.3, 0.4) is 0 Å². The van der Waals surface area contributed by atoms with Crippen molar-refractivity contribution >= 4 is 0 Å². The van der Waals surface area contributed by atoms with E-state index in [1.54, 1.807) is 0 Å². The zero-order chi connectivity index (χ0) is 9.97. The molecule has 0 saturated carbocycles. The second-order valence-electron chi connectivity index (χ2n) is 4.01. The molecule has 0 amide bonds. The summed E-state index contributed by atoms with van der Waals surface area (Å²) in [6.07, 6.45) is 0.535. The molecule has 2 heteroatoms. The van der Waals surface area contributed by atoms with E-state index in [0.29, 0.717) is 6.10 Å². The highest BCUT2D eigenvalue weighted by Crippen LogP contribution is 2.21. The van der Waals surface area contributed by atoms with E-state index in [2.05, 4.69) is 43.4 Å². The Labute approximate surface area is 85.3 Å². The number of ether oxygens (including phenoxy) is 1. The maximum Gasteiger partial charge on any atom is 0.0953 e. The monoisotopic (exact) mass is 191 g/mol. The predicted molar refractivity (Wildman–Crippen MR) is 57.3 cm³/mol. The Morgan fingerprint density at radius 3 is 2.93 bits per heavy atom. The Morgan fingerprint density at radius 2 is 2.21 bits per heavy atom. The van der Waals surface area contributed by atoms with Gasteiger partial charge >= 0.3 is 0 Å². The van der Waals surface area contributed by atoms with E-state index in [1.807, 2.05) is 0 Å². The predicted octanol–water partition coefficient (Wildman–Crippen LogP) is 2.04. The molecule has 2 atom stereocenters. The number of morpholine rings is 1. The van der Waals surface area contributed by atoms with E-state index in [-0.39, 0.29) is 6.10 Å². The summed E-state index contributed by atoms with van der Waals surface area (Å²) in [6.45, 7) is 6.11. The maximum atomic E-state index is 5.86. The Morgan fingerprint density at radius 1 is 1.36 bits per heavy atom. The molecular formula is C12H17NO. The van der Waals surface area contributed by atoms with Crippen molar-refractivity contribution in [1.29, 1.82) is 0 Å². The van der Waals surface area contributed by atoms with Crippen molar-refractivity contribution in [1.82, 2.24) is 5.32 Å². The normalized spacial score (nSPS) is 27.6. The maximum absolute atomic E-state index is 5.86. The Balaban J connectivity index is 2.14. The van der Waals surface area contributed by atoms with Gasteiger partial charge in [-0.25, -0.2) is 0 Å². The molecule has 0 aromatic heterocycles. The van der Waals surface area contributed by atoms with Crippen molar-refractivity contribution in [2.75, 3.05) is 13.1 Å².